The van der Waals surface area contributed by atoms with Crippen LogP contribution in [0.4, 0.5) is 4.79 Å². The van der Waals surface area contributed by atoms with E-state index < -0.39 is 6.10 Å². The molecule has 0 heterocycles. The van der Waals surface area contributed by atoms with Gasteiger partial charge in [0.2, 0.25) is 0 Å². The number of aliphatic hydroxyl groups is 1. The van der Waals surface area contributed by atoms with E-state index in [1.165, 1.54) is 0 Å². The third-order valence-corrected chi connectivity index (χ3v) is 2.61. The van der Waals surface area contributed by atoms with Crippen LogP contribution in [-0.2, 0) is 11.3 Å². The minimum Gasteiger partial charge on any atom is -0.445 e. The van der Waals surface area contributed by atoms with Crippen LogP contribution in [0, 0.1) is 5.41 Å². The van der Waals surface area contributed by atoms with Gasteiger partial charge in [-0.2, -0.15) is 0 Å². The summed E-state index contributed by atoms with van der Waals surface area (Å²) in [4.78, 5) is 13.7. The molecule has 1 N–H and O–H groups in total. The van der Waals surface area contributed by atoms with E-state index in [1.807, 2.05) is 51.1 Å². The zero-order chi connectivity index (χ0) is 15.2. The Morgan fingerprint density at radius 1 is 1.30 bits per heavy atom. The quantitative estimate of drug-likeness (QED) is 0.901. The summed E-state index contributed by atoms with van der Waals surface area (Å²) in [6.07, 6.45) is -0.952. The molecule has 4 heteroatoms. The summed E-state index contributed by atoms with van der Waals surface area (Å²) in [6, 6.07) is 9.56. The molecule has 0 bridgehead atoms. The molecule has 0 aliphatic carbocycles. The van der Waals surface area contributed by atoms with E-state index in [0.717, 1.165) is 5.56 Å². The lowest BCUT2D eigenvalue weighted by Gasteiger charge is -2.30. The Balaban J connectivity index is 2.58. The minimum atomic E-state index is -0.568. The molecule has 1 unspecified atom stereocenters. The van der Waals surface area contributed by atoms with Gasteiger partial charge in [0.05, 0.1) is 6.10 Å². The second-order valence-electron chi connectivity index (χ2n) is 6.33. The summed E-state index contributed by atoms with van der Waals surface area (Å²) in [5, 5.41) is 9.50. The third kappa shape index (κ3) is 6.57. The summed E-state index contributed by atoms with van der Waals surface area (Å²) in [6.45, 7) is 8.89. The van der Waals surface area contributed by atoms with E-state index in [1.54, 1.807) is 11.8 Å². The van der Waals surface area contributed by atoms with Crippen molar-refractivity contribution < 1.29 is 14.6 Å². The number of hydrogen-bond acceptors (Lipinski definition) is 3. The molecule has 1 rings (SSSR count). The highest BCUT2D eigenvalue weighted by Crippen LogP contribution is 2.16. The van der Waals surface area contributed by atoms with Gasteiger partial charge in [0, 0.05) is 13.1 Å². The molecule has 1 atom stereocenters. The summed E-state index contributed by atoms with van der Waals surface area (Å²) < 4.78 is 5.31. The van der Waals surface area contributed by atoms with Crippen LogP contribution in [0.1, 0.15) is 33.3 Å². The Labute approximate surface area is 121 Å². The van der Waals surface area contributed by atoms with Gasteiger partial charge < -0.3 is 14.7 Å². The second-order valence-corrected chi connectivity index (χ2v) is 6.33. The molecule has 0 aromatic heterocycles. The Bertz CT molecular complexity index is 409. The first-order valence-electron chi connectivity index (χ1n) is 6.91. The van der Waals surface area contributed by atoms with Crippen molar-refractivity contribution in [3.05, 3.63) is 35.9 Å². The van der Waals surface area contributed by atoms with Crippen molar-refractivity contribution in [1.82, 2.24) is 4.90 Å². The molecule has 20 heavy (non-hydrogen) atoms. The molecule has 0 aliphatic rings. The second kappa shape index (κ2) is 7.29. The third-order valence-electron chi connectivity index (χ3n) is 2.61. The van der Waals surface area contributed by atoms with Crippen molar-refractivity contribution >= 4 is 6.09 Å². The molecule has 1 aromatic rings. The summed E-state index contributed by atoms with van der Waals surface area (Å²) in [5.41, 5.74) is 0.911. The molecule has 4 nitrogen and oxygen atoms in total. The number of carbonyl (C=O) groups is 1. The van der Waals surface area contributed by atoms with E-state index in [2.05, 4.69) is 0 Å². The highest BCUT2D eigenvalue weighted by molar-refractivity contribution is 5.67. The largest absolute Gasteiger partial charge is 0.445 e. The molecule has 0 spiro atoms. The predicted molar refractivity (Wildman–Crippen MR) is 79.3 cm³/mol. The average Bonchev–Trinajstić information content (AvgIpc) is 2.34. The first-order chi connectivity index (χ1) is 9.28. The fourth-order valence-corrected chi connectivity index (χ4v) is 1.91. The molecule has 0 saturated heterocycles. The van der Waals surface area contributed by atoms with Crippen molar-refractivity contribution in [3.8, 4) is 0 Å². The van der Waals surface area contributed by atoms with Crippen LogP contribution in [0.25, 0.3) is 0 Å². The predicted octanol–water partition coefficient (Wildman–Crippen LogP) is 3.05. The molecule has 0 aliphatic heterocycles. The standard InChI is InChI=1S/C16H25NO3/c1-13(18)10-17(12-16(2,3)4)15(19)20-11-14-8-6-5-7-9-14/h5-9,13,18H,10-12H2,1-4H3. The van der Waals surface area contributed by atoms with Gasteiger partial charge in [-0.15, -0.1) is 0 Å². The van der Waals surface area contributed by atoms with Gasteiger partial charge in [-0.25, -0.2) is 4.79 Å². The van der Waals surface area contributed by atoms with Crippen molar-refractivity contribution in [2.45, 2.75) is 40.4 Å². The van der Waals surface area contributed by atoms with Crippen LogP contribution in [0.2, 0.25) is 0 Å². The van der Waals surface area contributed by atoms with Crippen molar-refractivity contribution in [2.75, 3.05) is 13.1 Å². The maximum absolute atomic E-state index is 12.1. The number of amides is 1. The first-order valence-corrected chi connectivity index (χ1v) is 6.91. The van der Waals surface area contributed by atoms with Crippen LogP contribution >= 0.6 is 0 Å². The van der Waals surface area contributed by atoms with Gasteiger partial charge in [-0.3, -0.25) is 0 Å². The van der Waals surface area contributed by atoms with Crippen LogP contribution in [0.5, 0.6) is 0 Å². The number of benzene rings is 1. The van der Waals surface area contributed by atoms with Gasteiger partial charge in [-0.05, 0) is 17.9 Å². The first kappa shape index (κ1) is 16.5. The molecule has 0 saturated carbocycles. The zero-order valence-electron chi connectivity index (χ0n) is 12.8. The lowest BCUT2D eigenvalue weighted by Crippen LogP contribution is -2.41. The Morgan fingerprint density at radius 2 is 1.90 bits per heavy atom. The van der Waals surface area contributed by atoms with E-state index in [9.17, 15) is 9.90 Å². The number of nitrogens with zero attached hydrogens (tertiary/aromatic N) is 1. The smallest absolute Gasteiger partial charge is 0.410 e. The topological polar surface area (TPSA) is 49.8 Å². The van der Waals surface area contributed by atoms with E-state index in [0.29, 0.717) is 6.54 Å². The van der Waals surface area contributed by atoms with Crippen LogP contribution in [0.15, 0.2) is 30.3 Å². The van der Waals surface area contributed by atoms with Gasteiger partial charge >= 0.3 is 6.09 Å². The lowest BCUT2D eigenvalue weighted by molar-refractivity contribution is 0.0602. The molecule has 1 aromatic carbocycles. The van der Waals surface area contributed by atoms with E-state index >= 15 is 0 Å². The van der Waals surface area contributed by atoms with E-state index in [4.69, 9.17) is 4.74 Å². The maximum atomic E-state index is 12.1. The number of hydrogen-bond donors (Lipinski definition) is 1. The number of ether oxygens (including phenoxy) is 1. The summed E-state index contributed by atoms with van der Waals surface area (Å²) in [5.74, 6) is 0. The van der Waals surface area contributed by atoms with Crippen molar-refractivity contribution in [2.24, 2.45) is 5.41 Å². The van der Waals surface area contributed by atoms with Gasteiger partial charge in [0.15, 0.2) is 0 Å². The lowest BCUT2D eigenvalue weighted by atomic mass is 9.96. The fourth-order valence-electron chi connectivity index (χ4n) is 1.91. The molecule has 0 fully saturated rings. The minimum absolute atomic E-state index is 0.0410. The molecular weight excluding hydrogens is 254 g/mol. The van der Waals surface area contributed by atoms with Gasteiger partial charge in [0.25, 0.3) is 0 Å². The molecule has 1 amide bonds. The Morgan fingerprint density at radius 3 is 2.40 bits per heavy atom. The van der Waals surface area contributed by atoms with Crippen LogP contribution in [-0.4, -0.2) is 35.3 Å². The highest BCUT2D eigenvalue weighted by Gasteiger charge is 2.23. The monoisotopic (exact) mass is 279 g/mol. The summed E-state index contributed by atoms with van der Waals surface area (Å²) in [7, 11) is 0. The van der Waals surface area contributed by atoms with Gasteiger partial charge in [0.1, 0.15) is 6.61 Å². The fraction of sp³-hybridized carbons (Fsp3) is 0.562. The van der Waals surface area contributed by atoms with E-state index in [-0.39, 0.29) is 24.7 Å². The number of aliphatic hydroxyl groups excluding tert-OH is 1. The highest BCUT2D eigenvalue weighted by atomic mass is 16.6. The van der Waals surface area contributed by atoms with Crippen LogP contribution < -0.4 is 0 Å². The van der Waals surface area contributed by atoms with Crippen molar-refractivity contribution in [3.63, 3.8) is 0 Å². The van der Waals surface area contributed by atoms with Crippen molar-refractivity contribution in [1.29, 1.82) is 0 Å². The molecular formula is C16H25NO3. The maximum Gasteiger partial charge on any atom is 0.410 e. The number of carbonyl (C=O) groups excluding carboxylic acids is 1. The average molecular weight is 279 g/mol. The Kier molecular flexibility index (Phi) is 6.02. The molecule has 0 radical (unpaired) electrons. The molecule has 112 valence electrons. The number of rotatable bonds is 5. The summed E-state index contributed by atoms with van der Waals surface area (Å²) >= 11 is 0. The van der Waals surface area contributed by atoms with Gasteiger partial charge in [-0.1, -0.05) is 51.1 Å². The van der Waals surface area contributed by atoms with Crippen LogP contribution in [0.3, 0.4) is 0 Å². The zero-order valence-corrected chi connectivity index (χ0v) is 12.8. The normalized spacial score (nSPS) is 12.8. The SMILES string of the molecule is CC(O)CN(CC(C)(C)C)C(=O)OCc1ccccc1. The Hall–Kier alpha value is -1.55.